The molecule has 0 heterocycles. The molecule has 0 saturated carbocycles. The topological polar surface area (TPSA) is 12.0 Å². The molecule has 1 unspecified atom stereocenters. The lowest BCUT2D eigenvalue weighted by molar-refractivity contribution is -0.137. The zero-order valence-corrected chi connectivity index (χ0v) is 13.4. The number of benzene rings is 2. The van der Waals surface area contributed by atoms with Gasteiger partial charge in [-0.25, -0.2) is 0 Å². The molecule has 2 aromatic carbocycles. The first-order valence-electron chi connectivity index (χ1n) is 7.83. The molecule has 0 spiro atoms. The zero-order valence-electron chi connectivity index (χ0n) is 13.4. The zero-order chi connectivity index (χ0) is 16.9. The van der Waals surface area contributed by atoms with Gasteiger partial charge in [-0.15, -0.1) is 0 Å². The standard InChI is InChI=1S/C19H22F3N/c1-14(2)23-18(12-11-15-7-4-3-5-8-15)16-9-6-10-17(13-16)19(20,21)22/h3-10,13-14,18,23H,11-12H2,1-2H3. The van der Waals surface area contributed by atoms with Crippen molar-refractivity contribution < 1.29 is 13.2 Å². The van der Waals surface area contributed by atoms with Crippen molar-refractivity contribution in [3.8, 4) is 0 Å². The molecule has 0 aliphatic rings. The second-order valence-electron chi connectivity index (χ2n) is 6.02. The SMILES string of the molecule is CC(C)NC(CCc1ccccc1)c1cccc(C(F)(F)F)c1. The van der Waals surface area contributed by atoms with Gasteiger partial charge in [-0.05, 0) is 36.1 Å². The molecule has 4 heteroatoms. The monoisotopic (exact) mass is 321 g/mol. The molecule has 0 saturated heterocycles. The smallest absolute Gasteiger partial charge is 0.308 e. The number of nitrogens with one attached hydrogen (secondary N) is 1. The van der Waals surface area contributed by atoms with Gasteiger partial charge in [-0.1, -0.05) is 56.3 Å². The van der Waals surface area contributed by atoms with Crippen LogP contribution in [0.25, 0.3) is 0 Å². The van der Waals surface area contributed by atoms with Gasteiger partial charge in [-0.2, -0.15) is 13.2 Å². The Kier molecular flexibility index (Phi) is 5.83. The first kappa shape index (κ1) is 17.5. The summed E-state index contributed by atoms with van der Waals surface area (Å²) >= 11 is 0. The quantitative estimate of drug-likeness (QED) is 0.753. The number of rotatable bonds is 6. The van der Waals surface area contributed by atoms with E-state index in [1.165, 1.54) is 17.7 Å². The highest BCUT2D eigenvalue weighted by Crippen LogP contribution is 2.31. The molecule has 23 heavy (non-hydrogen) atoms. The van der Waals surface area contributed by atoms with Crippen molar-refractivity contribution in [2.75, 3.05) is 0 Å². The number of hydrogen-bond donors (Lipinski definition) is 1. The first-order chi connectivity index (χ1) is 10.9. The van der Waals surface area contributed by atoms with E-state index in [4.69, 9.17) is 0 Å². The highest BCUT2D eigenvalue weighted by atomic mass is 19.4. The molecule has 124 valence electrons. The lowest BCUT2D eigenvalue weighted by Crippen LogP contribution is -2.28. The van der Waals surface area contributed by atoms with Gasteiger partial charge in [-0.3, -0.25) is 0 Å². The summed E-state index contributed by atoms with van der Waals surface area (Å²) in [6.45, 7) is 4.01. The van der Waals surface area contributed by atoms with Gasteiger partial charge in [0.1, 0.15) is 0 Å². The van der Waals surface area contributed by atoms with Crippen LogP contribution in [0, 0.1) is 0 Å². The molecule has 0 aromatic heterocycles. The van der Waals surface area contributed by atoms with Crippen molar-refractivity contribution >= 4 is 0 Å². The van der Waals surface area contributed by atoms with E-state index in [9.17, 15) is 13.2 Å². The lowest BCUT2D eigenvalue weighted by atomic mass is 9.96. The molecule has 1 atom stereocenters. The van der Waals surface area contributed by atoms with Crippen LogP contribution in [0.5, 0.6) is 0 Å². The molecule has 0 bridgehead atoms. The Labute approximate surface area is 135 Å². The van der Waals surface area contributed by atoms with Crippen LogP contribution in [0.3, 0.4) is 0 Å². The Morgan fingerprint density at radius 2 is 1.65 bits per heavy atom. The average Bonchev–Trinajstić information content (AvgIpc) is 2.51. The van der Waals surface area contributed by atoms with E-state index in [1.807, 2.05) is 44.2 Å². The van der Waals surface area contributed by atoms with Crippen LogP contribution in [0.2, 0.25) is 0 Å². The van der Waals surface area contributed by atoms with Gasteiger partial charge < -0.3 is 5.32 Å². The summed E-state index contributed by atoms with van der Waals surface area (Å²) in [7, 11) is 0. The summed E-state index contributed by atoms with van der Waals surface area (Å²) < 4.78 is 38.8. The van der Waals surface area contributed by atoms with Crippen LogP contribution in [0.4, 0.5) is 13.2 Å². The third kappa shape index (κ3) is 5.39. The lowest BCUT2D eigenvalue weighted by Gasteiger charge is -2.23. The van der Waals surface area contributed by atoms with Gasteiger partial charge >= 0.3 is 6.18 Å². The van der Waals surface area contributed by atoms with Gasteiger partial charge in [0.15, 0.2) is 0 Å². The fourth-order valence-electron chi connectivity index (χ4n) is 2.64. The molecule has 0 radical (unpaired) electrons. The van der Waals surface area contributed by atoms with Crippen molar-refractivity contribution in [1.82, 2.24) is 5.32 Å². The largest absolute Gasteiger partial charge is 0.416 e. The maximum atomic E-state index is 12.9. The predicted molar refractivity (Wildman–Crippen MR) is 87.2 cm³/mol. The van der Waals surface area contributed by atoms with Crippen LogP contribution < -0.4 is 5.32 Å². The van der Waals surface area contributed by atoms with Crippen molar-refractivity contribution in [1.29, 1.82) is 0 Å². The second kappa shape index (κ2) is 7.64. The molecule has 0 amide bonds. The highest BCUT2D eigenvalue weighted by Gasteiger charge is 2.31. The Bertz CT molecular complexity index is 606. The molecule has 0 aliphatic carbocycles. The van der Waals surface area contributed by atoms with Crippen molar-refractivity contribution in [3.63, 3.8) is 0 Å². The minimum Gasteiger partial charge on any atom is -0.308 e. The van der Waals surface area contributed by atoms with E-state index in [1.54, 1.807) is 6.07 Å². The Balaban J connectivity index is 2.17. The summed E-state index contributed by atoms with van der Waals surface area (Å²) in [6, 6.07) is 15.7. The summed E-state index contributed by atoms with van der Waals surface area (Å²) in [6.07, 6.45) is -2.73. The van der Waals surface area contributed by atoms with Crippen LogP contribution in [0.1, 0.15) is 43.0 Å². The van der Waals surface area contributed by atoms with Gasteiger partial charge in [0.05, 0.1) is 5.56 Å². The van der Waals surface area contributed by atoms with Crippen molar-refractivity contribution in [2.45, 2.75) is 44.9 Å². The molecular weight excluding hydrogens is 299 g/mol. The summed E-state index contributed by atoms with van der Waals surface area (Å²) in [5.41, 5.74) is 1.28. The first-order valence-corrected chi connectivity index (χ1v) is 7.83. The third-order valence-corrected chi connectivity index (χ3v) is 3.72. The third-order valence-electron chi connectivity index (χ3n) is 3.72. The Morgan fingerprint density at radius 3 is 2.26 bits per heavy atom. The fraction of sp³-hybridized carbons (Fsp3) is 0.368. The van der Waals surface area contributed by atoms with Crippen LogP contribution in [0.15, 0.2) is 54.6 Å². The van der Waals surface area contributed by atoms with Crippen LogP contribution >= 0.6 is 0 Å². The normalized spacial score (nSPS) is 13.3. The van der Waals surface area contributed by atoms with E-state index in [0.29, 0.717) is 5.56 Å². The number of alkyl halides is 3. The van der Waals surface area contributed by atoms with E-state index >= 15 is 0 Å². The molecule has 0 fully saturated rings. The molecule has 2 aromatic rings. The Morgan fingerprint density at radius 1 is 0.957 bits per heavy atom. The fourth-order valence-corrected chi connectivity index (χ4v) is 2.64. The van der Waals surface area contributed by atoms with Crippen LogP contribution in [-0.2, 0) is 12.6 Å². The maximum absolute atomic E-state index is 12.9. The van der Waals surface area contributed by atoms with E-state index in [-0.39, 0.29) is 12.1 Å². The predicted octanol–water partition coefficient (Wildman–Crippen LogP) is 5.38. The maximum Gasteiger partial charge on any atom is 0.416 e. The van der Waals surface area contributed by atoms with Crippen LogP contribution in [-0.4, -0.2) is 6.04 Å². The highest BCUT2D eigenvalue weighted by molar-refractivity contribution is 5.28. The number of halogens is 3. The summed E-state index contributed by atoms with van der Waals surface area (Å²) in [5.74, 6) is 0. The molecule has 0 aliphatic heterocycles. The van der Waals surface area contributed by atoms with E-state index in [0.717, 1.165) is 18.9 Å². The van der Waals surface area contributed by atoms with E-state index in [2.05, 4.69) is 5.32 Å². The minimum atomic E-state index is -4.31. The Hall–Kier alpha value is -1.81. The van der Waals surface area contributed by atoms with Gasteiger partial charge in [0.25, 0.3) is 0 Å². The second-order valence-corrected chi connectivity index (χ2v) is 6.02. The molecule has 1 nitrogen and oxygen atoms in total. The minimum absolute atomic E-state index is 0.0995. The van der Waals surface area contributed by atoms with Gasteiger partial charge in [0, 0.05) is 12.1 Å². The average molecular weight is 321 g/mol. The number of aryl methyl sites for hydroxylation is 1. The van der Waals surface area contributed by atoms with Gasteiger partial charge in [0.2, 0.25) is 0 Å². The van der Waals surface area contributed by atoms with Crippen molar-refractivity contribution in [3.05, 3.63) is 71.3 Å². The van der Waals surface area contributed by atoms with Crippen molar-refractivity contribution in [2.24, 2.45) is 0 Å². The summed E-state index contributed by atoms with van der Waals surface area (Å²) in [4.78, 5) is 0. The molecule has 1 N–H and O–H groups in total. The van der Waals surface area contributed by atoms with E-state index < -0.39 is 11.7 Å². The molecular formula is C19H22F3N. The number of hydrogen-bond acceptors (Lipinski definition) is 1. The summed E-state index contributed by atoms with van der Waals surface area (Å²) in [5, 5.41) is 3.38. The molecule has 2 rings (SSSR count).